The molecule has 0 aliphatic carbocycles. The zero-order valence-corrected chi connectivity index (χ0v) is 15.7. The third-order valence-corrected chi connectivity index (χ3v) is 7.25. The summed E-state index contributed by atoms with van der Waals surface area (Å²) < 4.78 is 12.1. The smallest absolute Gasteiger partial charge is 0.0680 e. The number of nitrogens with zero attached hydrogens (tertiary/aromatic N) is 1. The lowest BCUT2D eigenvalue weighted by Crippen LogP contribution is -2.58. The Bertz CT molecular complexity index is 541. The van der Waals surface area contributed by atoms with E-state index in [9.17, 15) is 0 Å². The average molecular weight is 368 g/mol. The molecule has 132 valence electrons. The van der Waals surface area contributed by atoms with Gasteiger partial charge in [0, 0.05) is 55.0 Å². The Hall–Kier alpha value is -0.260. The number of ether oxygens (including phenoxy) is 2. The number of hydrogen-bond donors (Lipinski definition) is 0. The summed E-state index contributed by atoms with van der Waals surface area (Å²) in [6.45, 7) is 6.18. The van der Waals surface area contributed by atoms with Crippen molar-refractivity contribution in [1.82, 2.24) is 4.90 Å². The van der Waals surface area contributed by atoms with Crippen molar-refractivity contribution in [2.24, 2.45) is 5.92 Å². The van der Waals surface area contributed by atoms with Gasteiger partial charge in [-0.1, -0.05) is 23.7 Å². The fourth-order valence-electron chi connectivity index (χ4n) is 4.04. The Morgan fingerprint density at radius 1 is 1.21 bits per heavy atom. The summed E-state index contributed by atoms with van der Waals surface area (Å²) >= 11 is 8.09. The van der Waals surface area contributed by atoms with Crippen LogP contribution in [0.15, 0.2) is 24.3 Å². The number of thioether (sulfide) groups is 1. The van der Waals surface area contributed by atoms with E-state index in [1.165, 1.54) is 37.9 Å². The molecule has 0 N–H and O–H groups in total. The van der Waals surface area contributed by atoms with E-state index in [0.29, 0.717) is 16.8 Å². The summed E-state index contributed by atoms with van der Waals surface area (Å²) in [4.78, 5) is 2.54. The molecule has 1 unspecified atom stereocenters. The van der Waals surface area contributed by atoms with Crippen molar-refractivity contribution in [1.29, 1.82) is 0 Å². The summed E-state index contributed by atoms with van der Waals surface area (Å²) in [7, 11) is 0. The van der Waals surface area contributed by atoms with Gasteiger partial charge in [0.25, 0.3) is 0 Å². The first-order valence-electron chi connectivity index (χ1n) is 9.01. The molecule has 24 heavy (non-hydrogen) atoms. The standard InChI is InChI=1S/C19H26ClNO2S/c20-17-3-1-15(2-4-17)10-21-13-19(14-21)9-18(12-24-19)23-11-16-5-7-22-8-6-16/h1-4,16,18H,5-14H2. The molecule has 1 atom stereocenters. The highest BCUT2D eigenvalue weighted by Gasteiger charge is 2.49. The van der Waals surface area contributed by atoms with Gasteiger partial charge in [-0.05, 0) is 42.9 Å². The van der Waals surface area contributed by atoms with Crippen molar-refractivity contribution in [2.45, 2.75) is 36.7 Å². The van der Waals surface area contributed by atoms with Crippen molar-refractivity contribution in [3.05, 3.63) is 34.9 Å². The molecule has 1 aromatic carbocycles. The van der Waals surface area contributed by atoms with Crippen molar-refractivity contribution >= 4 is 23.4 Å². The summed E-state index contributed by atoms with van der Waals surface area (Å²) in [5, 5.41) is 0.815. The summed E-state index contributed by atoms with van der Waals surface area (Å²) in [5.41, 5.74) is 1.35. The molecular weight excluding hydrogens is 342 g/mol. The predicted molar refractivity (Wildman–Crippen MR) is 99.8 cm³/mol. The molecule has 3 aliphatic rings. The molecule has 3 nitrogen and oxygen atoms in total. The third kappa shape index (κ3) is 4.10. The number of likely N-dealkylation sites (tertiary alicyclic amines) is 1. The van der Waals surface area contributed by atoms with Crippen LogP contribution in [0.4, 0.5) is 0 Å². The number of rotatable bonds is 5. The Kier molecular flexibility index (Phi) is 5.40. The van der Waals surface area contributed by atoms with E-state index in [1.807, 2.05) is 12.1 Å². The van der Waals surface area contributed by atoms with Gasteiger partial charge in [-0.15, -0.1) is 11.8 Å². The minimum Gasteiger partial charge on any atom is -0.381 e. The number of halogens is 1. The minimum absolute atomic E-state index is 0.451. The first-order chi connectivity index (χ1) is 11.7. The molecule has 4 rings (SSSR count). The topological polar surface area (TPSA) is 21.7 Å². The average Bonchev–Trinajstić information content (AvgIpc) is 3.00. The normalized spacial score (nSPS) is 27.5. The van der Waals surface area contributed by atoms with Gasteiger partial charge in [-0.25, -0.2) is 0 Å². The van der Waals surface area contributed by atoms with Gasteiger partial charge in [0.2, 0.25) is 0 Å². The second-order valence-corrected chi connectivity index (χ2v) is 9.41. The van der Waals surface area contributed by atoms with E-state index in [0.717, 1.165) is 37.1 Å². The first kappa shape index (κ1) is 17.2. The summed E-state index contributed by atoms with van der Waals surface area (Å²) in [5.74, 6) is 1.88. The maximum atomic E-state index is 6.23. The van der Waals surface area contributed by atoms with Crippen molar-refractivity contribution in [2.75, 3.05) is 38.7 Å². The lowest BCUT2D eigenvalue weighted by molar-refractivity contribution is -0.0133. The molecule has 0 amide bonds. The highest BCUT2D eigenvalue weighted by Crippen LogP contribution is 2.46. The SMILES string of the molecule is Clc1ccc(CN2CC3(CC(OCC4CCOCC4)CS3)C2)cc1. The second-order valence-electron chi connectivity index (χ2n) is 7.48. The quantitative estimate of drug-likeness (QED) is 0.788. The summed E-state index contributed by atoms with van der Waals surface area (Å²) in [6.07, 6.45) is 4.01. The van der Waals surface area contributed by atoms with E-state index in [1.54, 1.807) is 0 Å². The van der Waals surface area contributed by atoms with Gasteiger partial charge in [0.1, 0.15) is 0 Å². The highest BCUT2D eigenvalue weighted by molar-refractivity contribution is 8.01. The minimum atomic E-state index is 0.451. The van der Waals surface area contributed by atoms with Crippen LogP contribution in [0, 0.1) is 5.92 Å². The molecule has 3 fully saturated rings. The first-order valence-corrected chi connectivity index (χ1v) is 10.4. The van der Waals surface area contributed by atoms with Crippen molar-refractivity contribution < 1.29 is 9.47 Å². The molecular formula is C19H26ClNO2S. The third-order valence-electron chi connectivity index (χ3n) is 5.43. The van der Waals surface area contributed by atoms with Gasteiger partial charge < -0.3 is 9.47 Å². The number of benzene rings is 1. The van der Waals surface area contributed by atoms with Crippen LogP contribution in [0.3, 0.4) is 0 Å². The van der Waals surface area contributed by atoms with Crippen LogP contribution in [-0.2, 0) is 16.0 Å². The molecule has 1 aromatic rings. The van der Waals surface area contributed by atoms with E-state index < -0.39 is 0 Å². The maximum Gasteiger partial charge on any atom is 0.0680 e. The molecule has 3 saturated heterocycles. The molecule has 0 radical (unpaired) electrons. The zero-order valence-electron chi connectivity index (χ0n) is 14.1. The molecule has 3 heterocycles. The van der Waals surface area contributed by atoms with Crippen LogP contribution in [0.5, 0.6) is 0 Å². The Labute approximate surface area is 154 Å². The van der Waals surface area contributed by atoms with E-state index in [4.69, 9.17) is 21.1 Å². The van der Waals surface area contributed by atoms with Gasteiger partial charge in [0.15, 0.2) is 0 Å². The van der Waals surface area contributed by atoms with Crippen LogP contribution in [0.2, 0.25) is 5.02 Å². The van der Waals surface area contributed by atoms with Crippen LogP contribution >= 0.6 is 23.4 Å². The zero-order chi connectivity index (χ0) is 16.4. The van der Waals surface area contributed by atoms with Crippen molar-refractivity contribution in [3.63, 3.8) is 0 Å². The van der Waals surface area contributed by atoms with Crippen molar-refractivity contribution in [3.8, 4) is 0 Å². The summed E-state index contributed by atoms with van der Waals surface area (Å²) in [6, 6.07) is 8.23. The van der Waals surface area contributed by atoms with Crippen LogP contribution < -0.4 is 0 Å². The predicted octanol–water partition coefficient (Wildman–Crippen LogP) is 3.84. The highest BCUT2D eigenvalue weighted by atomic mass is 35.5. The lowest BCUT2D eigenvalue weighted by Gasteiger charge is -2.47. The van der Waals surface area contributed by atoms with E-state index in [2.05, 4.69) is 28.8 Å². The Balaban J connectivity index is 1.19. The van der Waals surface area contributed by atoms with Crippen LogP contribution in [-0.4, -0.2) is 54.4 Å². The van der Waals surface area contributed by atoms with Crippen LogP contribution in [0.25, 0.3) is 0 Å². The fraction of sp³-hybridized carbons (Fsp3) is 0.684. The molecule has 0 saturated carbocycles. The monoisotopic (exact) mass is 367 g/mol. The van der Waals surface area contributed by atoms with Gasteiger partial charge in [-0.2, -0.15) is 0 Å². The molecule has 0 aromatic heterocycles. The Morgan fingerprint density at radius 2 is 1.96 bits per heavy atom. The van der Waals surface area contributed by atoms with Gasteiger partial charge in [-0.3, -0.25) is 4.90 Å². The molecule has 0 bridgehead atoms. The van der Waals surface area contributed by atoms with Gasteiger partial charge >= 0.3 is 0 Å². The Morgan fingerprint density at radius 3 is 2.71 bits per heavy atom. The largest absolute Gasteiger partial charge is 0.381 e. The number of hydrogen-bond acceptors (Lipinski definition) is 4. The van der Waals surface area contributed by atoms with E-state index in [-0.39, 0.29) is 0 Å². The molecule has 3 aliphatic heterocycles. The molecule has 1 spiro atoms. The van der Waals surface area contributed by atoms with Gasteiger partial charge in [0.05, 0.1) is 6.10 Å². The maximum absolute atomic E-state index is 6.23. The lowest BCUT2D eigenvalue weighted by atomic mass is 9.92. The van der Waals surface area contributed by atoms with Crippen LogP contribution in [0.1, 0.15) is 24.8 Å². The van der Waals surface area contributed by atoms with E-state index >= 15 is 0 Å². The fourth-order valence-corrected chi connectivity index (χ4v) is 5.77. The molecule has 5 heteroatoms. The second kappa shape index (κ2) is 7.55.